The van der Waals surface area contributed by atoms with Crippen LogP contribution in [0, 0.1) is 5.41 Å². The van der Waals surface area contributed by atoms with Crippen molar-refractivity contribution in [2.45, 2.75) is 96.7 Å². The Bertz CT molecular complexity index is 277. The van der Waals surface area contributed by atoms with E-state index >= 15 is 0 Å². The Labute approximate surface area is 126 Å². The number of nitrogens with zero attached hydrogens (tertiary/aromatic N) is 1. The summed E-state index contributed by atoms with van der Waals surface area (Å²) in [6, 6.07) is 2.44. The van der Waals surface area contributed by atoms with Gasteiger partial charge in [-0.15, -0.1) is 0 Å². The van der Waals surface area contributed by atoms with Gasteiger partial charge in [-0.05, 0) is 70.4 Å². The summed E-state index contributed by atoms with van der Waals surface area (Å²) >= 11 is 0. The fourth-order valence-corrected chi connectivity index (χ4v) is 4.16. The van der Waals surface area contributed by atoms with Gasteiger partial charge in [-0.25, -0.2) is 0 Å². The Balaban J connectivity index is 1.81. The summed E-state index contributed by atoms with van der Waals surface area (Å²) in [6.07, 6.45) is 12.5. The molecule has 0 heterocycles. The SMILES string of the molecule is CCCNC1CCCC(N(C)C2CCC(C)(C)CC2)C1. The highest BCUT2D eigenvalue weighted by Crippen LogP contribution is 2.38. The van der Waals surface area contributed by atoms with Gasteiger partial charge >= 0.3 is 0 Å². The van der Waals surface area contributed by atoms with Crippen LogP contribution >= 0.6 is 0 Å². The maximum atomic E-state index is 3.75. The minimum Gasteiger partial charge on any atom is -0.314 e. The van der Waals surface area contributed by atoms with Gasteiger partial charge in [-0.2, -0.15) is 0 Å². The number of hydrogen-bond donors (Lipinski definition) is 1. The van der Waals surface area contributed by atoms with Gasteiger partial charge in [-0.1, -0.05) is 27.2 Å². The number of hydrogen-bond acceptors (Lipinski definition) is 2. The van der Waals surface area contributed by atoms with Gasteiger partial charge < -0.3 is 10.2 Å². The highest BCUT2D eigenvalue weighted by molar-refractivity contribution is 4.89. The van der Waals surface area contributed by atoms with E-state index in [1.165, 1.54) is 64.3 Å². The molecule has 2 heteroatoms. The highest BCUT2D eigenvalue weighted by atomic mass is 15.2. The van der Waals surface area contributed by atoms with E-state index in [-0.39, 0.29) is 0 Å². The van der Waals surface area contributed by atoms with Gasteiger partial charge in [0.15, 0.2) is 0 Å². The molecule has 118 valence electrons. The van der Waals surface area contributed by atoms with Crippen molar-refractivity contribution in [2.24, 2.45) is 5.41 Å². The Kier molecular flexibility index (Phi) is 5.92. The van der Waals surface area contributed by atoms with Gasteiger partial charge in [0.1, 0.15) is 0 Å². The number of rotatable bonds is 5. The Morgan fingerprint density at radius 1 is 1.05 bits per heavy atom. The monoisotopic (exact) mass is 280 g/mol. The van der Waals surface area contributed by atoms with Crippen LogP contribution in [0.3, 0.4) is 0 Å². The second-order valence-electron chi connectivity index (χ2n) is 8.03. The van der Waals surface area contributed by atoms with Gasteiger partial charge in [0.25, 0.3) is 0 Å². The summed E-state index contributed by atoms with van der Waals surface area (Å²) in [5.41, 5.74) is 0.592. The first-order chi connectivity index (χ1) is 9.52. The maximum Gasteiger partial charge on any atom is 0.0110 e. The molecule has 0 amide bonds. The molecule has 2 unspecified atom stereocenters. The van der Waals surface area contributed by atoms with E-state index in [0.717, 1.165) is 18.1 Å². The third-order valence-corrected chi connectivity index (χ3v) is 5.79. The second kappa shape index (κ2) is 7.26. The Hall–Kier alpha value is -0.0800. The van der Waals surface area contributed by atoms with Crippen LogP contribution in [-0.4, -0.2) is 36.6 Å². The molecule has 0 aromatic carbocycles. The zero-order valence-corrected chi connectivity index (χ0v) is 14.3. The largest absolute Gasteiger partial charge is 0.314 e. The van der Waals surface area contributed by atoms with Gasteiger partial charge in [0, 0.05) is 18.1 Å². The van der Waals surface area contributed by atoms with E-state index in [2.05, 4.69) is 38.0 Å². The van der Waals surface area contributed by atoms with Crippen molar-refractivity contribution in [3.63, 3.8) is 0 Å². The predicted molar refractivity (Wildman–Crippen MR) is 88.1 cm³/mol. The van der Waals surface area contributed by atoms with Crippen LogP contribution in [0.4, 0.5) is 0 Å². The van der Waals surface area contributed by atoms with Crippen molar-refractivity contribution in [2.75, 3.05) is 13.6 Å². The van der Waals surface area contributed by atoms with Gasteiger partial charge in [-0.3, -0.25) is 0 Å². The van der Waals surface area contributed by atoms with Crippen molar-refractivity contribution < 1.29 is 0 Å². The summed E-state index contributed by atoms with van der Waals surface area (Å²) in [4.78, 5) is 2.75. The molecule has 1 N–H and O–H groups in total. The molecule has 0 spiro atoms. The molecule has 2 nitrogen and oxygen atoms in total. The van der Waals surface area contributed by atoms with E-state index in [9.17, 15) is 0 Å². The lowest BCUT2D eigenvalue weighted by Crippen LogP contribution is -2.48. The molecule has 0 aromatic rings. The molecule has 2 aliphatic rings. The first-order valence-electron chi connectivity index (χ1n) is 8.97. The van der Waals surface area contributed by atoms with E-state index in [0.29, 0.717) is 5.41 Å². The van der Waals surface area contributed by atoms with E-state index in [4.69, 9.17) is 0 Å². The number of nitrogens with one attached hydrogen (secondary N) is 1. The van der Waals surface area contributed by atoms with E-state index < -0.39 is 0 Å². The normalized spacial score (nSPS) is 31.6. The molecule has 0 aliphatic heterocycles. The molecule has 20 heavy (non-hydrogen) atoms. The Morgan fingerprint density at radius 2 is 1.75 bits per heavy atom. The molecule has 0 bridgehead atoms. The third-order valence-electron chi connectivity index (χ3n) is 5.79. The lowest BCUT2D eigenvalue weighted by Gasteiger charge is -2.44. The van der Waals surface area contributed by atoms with Crippen LogP contribution in [0.5, 0.6) is 0 Å². The zero-order chi connectivity index (χ0) is 14.6. The minimum atomic E-state index is 0.592. The van der Waals surface area contributed by atoms with Crippen LogP contribution in [-0.2, 0) is 0 Å². The molecule has 2 saturated carbocycles. The fourth-order valence-electron chi connectivity index (χ4n) is 4.16. The first-order valence-corrected chi connectivity index (χ1v) is 8.97. The third kappa shape index (κ3) is 4.46. The van der Waals surface area contributed by atoms with E-state index in [1.54, 1.807) is 0 Å². The van der Waals surface area contributed by atoms with Crippen molar-refractivity contribution >= 4 is 0 Å². The average molecular weight is 280 g/mol. The predicted octanol–water partition coefficient (Wildman–Crippen LogP) is 4.20. The van der Waals surface area contributed by atoms with Crippen LogP contribution in [0.1, 0.15) is 78.6 Å². The topological polar surface area (TPSA) is 15.3 Å². The van der Waals surface area contributed by atoms with Crippen molar-refractivity contribution in [3.05, 3.63) is 0 Å². The summed E-state index contributed by atoms with van der Waals surface area (Å²) in [6.45, 7) is 8.34. The molecule has 0 aromatic heterocycles. The Morgan fingerprint density at radius 3 is 2.40 bits per heavy atom. The van der Waals surface area contributed by atoms with Crippen LogP contribution in [0.25, 0.3) is 0 Å². The molecular weight excluding hydrogens is 244 g/mol. The van der Waals surface area contributed by atoms with E-state index in [1.807, 2.05) is 0 Å². The lowest BCUT2D eigenvalue weighted by atomic mass is 9.74. The molecule has 2 rings (SSSR count). The molecule has 2 atom stereocenters. The molecule has 2 aliphatic carbocycles. The quantitative estimate of drug-likeness (QED) is 0.812. The van der Waals surface area contributed by atoms with Crippen LogP contribution in [0.15, 0.2) is 0 Å². The average Bonchev–Trinajstić information content (AvgIpc) is 2.45. The summed E-state index contributed by atoms with van der Waals surface area (Å²) in [7, 11) is 2.40. The molecule has 2 fully saturated rings. The fraction of sp³-hybridized carbons (Fsp3) is 1.00. The van der Waals surface area contributed by atoms with Crippen LogP contribution < -0.4 is 5.32 Å². The summed E-state index contributed by atoms with van der Waals surface area (Å²) in [5, 5.41) is 3.75. The molecule has 0 saturated heterocycles. The van der Waals surface area contributed by atoms with Crippen molar-refractivity contribution in [3.8, 4) is 0 Å². The zero-order valence-electron chi connectivity index (χ0n) is 14.3. The first kappa shape index (κ1) is 16.3. The van der Waals surface area contributed by atoms with Gasteiger partial charge in [0.05, 0.1) is 0 Å². The lowest BCUT2D eigenvalue weighted by molar-refractivity contribution is 0.0713. The standard InChI is InChI=1S/C18H36N2/c1-5-13-19-15-7-6-8-17(14-15)20(4)16-9-11-18(2,3)12-10-16/h15-17,19H,5-14H2,1-4H3. The minimum absolute atomic E-state index is 0.592. The maximum absolute atomic E-state index is 3.75. The summed E-state index contributed by atoms with van der Waals surface area (Å²) < 4.78 is 0. The summed E-state index contributed by atoms with van der Waals surface area (Å²) in [5.74, 6) is 0. The second-order valence-corrected chi connectivity index (χ2v) is 8.03. The van der Waals surface area contributed by atoms with Crippen molar-refractivity contribution in [1.82, 2.24) is 10.2 Å². The van der Waals surface area contributed by atoms with Crippen molar-refractivity contribution in [1.29, 1.82) is 0 Å². The van der Waals surface area contributed by atoms with Crippen LogP contribution in [0.2, 0.25) is 0 Å². The molecule has 0 radical (unpaired) electrons. The van der Waals surface area contributed by atoms with Gasteiger partial charge in [0.2, 0.25) is 0 Å². The molecular formula is C18H36N2. The highest BCUT2D eigenvalue weighted by Gasteiger charge is 2.33. The smallest absolute Gasteiger partial charge is 0.0110 e.